The summed E-state index contributed by atoms with van der Waals surface area (Å²) in [7, 11) is 1.74. The van der Waals surface area contributed by atoms with E-state index in [4.69, 9.17) is 4.74 Å². The first-order chi connectivity index (χ1) is 9.30. The highest BCUT2D eigenvalue weighted by molar-refractivity contribution is 7.99. The van der Waals surface area contributed by atoms with E-state index in [0.717, 1.165) is 12.3 Å². The number of hydrogen-bond acceptors (Lipinski definition) is 3. The molecule has 1 aromatic rings. The molecule has 0 aliphatic heterocycles. The van der Waals surface area contributed by atoms with E-state index in [2.05, 4.69) is 49.1 Å². The van der Waals surface area contributed by atoms with Crippen molar-refractivity contribution < 1.29 is 4.74 Å². The number of hydrogen-bond donors (Lipinski definition) is 1. The van der Waals surface area contributed by atoms with Crippen molar-refractivity contribution in [1.82, 2.24) is 5.32 Å². The molecule has 0 spiro atoms. The van der Waals surface area contributed by atoms with E-state index in [-0.39, 0.29) is 0 Å². The first-order valence-corrected chi connectivity index (χ1v) is 8.36. The van der Waals surface area contributed by atoms with Crippen LogP contribution in [0.15, 0.2) is 18.2 Å². The Labute approximate surface area is 121 Å². The van der Waals surface area contributed by atoms with Gasteiger partial charge in [0, 0.05) is 11.3 Å². The number of fused-ring (bicyclic) bond motifs is 1. The number of methoxy groups -OCH3 is 1. The summed E-state index contributed by atoms with van der Waals surface area (Å²) < 4.78 is 5.37. The highest BCUT2D eigenvalue weighted by Crippen LogP contribution is 2.40. The Balaban J connectivity index is 2.12. The van der Waals surface area contributed by atoms with Crippen LogP contribution in [0.25, 0.3) is 0 Å². The fourth-order valence-corrected chi connectivity index (χ4v) is 4.20. The number of rotatable bonds is 7. The third-order valence-corrected chi connectivity index (χ3v) is 5.13. The lowest BCUT2D eigenvalue weighted by Crippen LogP contribution is -2.27. The van der Waals surface area contributed by atoms with E-state index >= 15 is 0 Å². The van der Waals surface area contributed by atoms with Gasteiger partial charge in [-0.05, 0) is 48.4 Å². The quantitative estimate of drug-likeness (QED) is 0.767. The van der Waals surface area contributed by atoms with E-state index in [9.17, 15) is 0 Å². The molecule has 0 amide bonds. The molecule has 2 nitrogen and oxygen atoms in total. The summed E-state index contributed by atoms with van der Waals surface area (Å²) in [6.07, 6.45) is 3.79. The highest BCUT2D eigenvalue weighted by Gasteiger charge is 2.32. The molecule has 1 N–H and O–H groups in total. The van der Waals surface area contributed by atoms with Gasteiger partial charge in [0.2, 0.25) is 0 Å². The van der Waals surface area contributed by atoms with Crippen molar-refractivity contribution in [3.05, 3.63) is 29.3 Å². The molecule has 3 heteroatoms. The van der Waals surface area contributed by atoms with Crippen LogP contribution in [0.2, 0.25) is 0 Å². The van der Waals surface area contributed by atoms with Crippen LogP contribution in [0.3, 0.4) is 0 Å². The number of ether oxygens (including phenoxy) is 1. The highest BCUT2D eigenvalue weighted by atomic mass is 32.2. The topological polar surface area (TPSA) is 21.3 Å². The van der Waals surface area contributed by atoms with Gasteiger partial charge < -0.3 is 10.1 Å². The number of unbranched alkanes of at least 4 members (excludes halogenated alkanes) is 1. The van der Waals surface area contributed by atoms with Crippen molar-refractivity contribution in [2.75, 3.05) is 19.4 Å². The van der Waals surface area contributed by atoms with Crippen molar-refractivity contribution in [1.29, 1.82) is 0 Å². The normalized spacial score (nSPS) is 21.4. The maximum absolute atomic E-state index is 5.37. The van der Waals surface area contributed by atoms with Gasteiger partial charge in [-0.2, -0.15) is 11.8 Å². The van der Waals surface area contributed by atoms with Crippen LogP contribution in [-0.4, -0.2) is 24.7 Å². The molecule has 0 radical (unpaired) electrons. The van der Waals surface area contributed by atoms with E-state index < -0.39 is 0 Å². The van der Waals surface area contributed by atoms with Gasteiger partial charge >= 0.3 is 0 Å². The van der Waals surface area contributed by atoms with Gasteiger partial charge in [-0.15, -0.1) is 0 Å². The molecule has 1 aromatic carbocycles. The number of thioether (sulfide) groups is 1. The minimum absolute atomic E-state index is 0.483. The zero-order chi connectivity index (χ0) is 13.7. The van der Waals surface area contributed by atoms with Gasteiger partial charge in [-0.1, -0.05) is 26.3 Å². The molecule has 0 heterocycles. The van der Waals surface area contributed by atoms with Crippen LogP contribution < -0.4 is 10.1 Å². The lowest BCUT2D eigenvalue weighted by molar-refractivity contribution is 0.413. The van der Waals surface area contributed by atoms with Gasteiger partial charge in [-0.25, -0.2) is 0 Å². The maximum atomic E-state index is 5.37. The van der Waals surface area contributed by atoms with E-state index in [1.165, 1.54) is 36.1 Å². The summed E-state index contributed by atoms with van der Waals surface area (Å²) >= 11 is 2.12. The first-order valence-electron chi connectivity index (χ1n) is 7.32. The average Bonchev–Trinajstić information content (AvgIpc) is 2.77. The van der Waals surface area contributed by atoms with Crippen molar-refractivity contribution in [2.24, 2.45) is 0 Å². The van der Waals surface area contributed by atoms with Crippen LogP contribution in [0.5, 0.6) is 5.75 Å². The third-order valence-electron chi connectivity index (χ3n) is 3.73. The Bertz CT molecular complexity index is 408. The van der Waals surface area contributed by atoms with Crippen molar-refractivity contribution in [3.8, 4) is 5.75 Å². The maximum Gasteiger partial charge on any atom is 0.119 e. The molecule has 2 unspecified atom stereocenters. The fraction of sp³-hybridized carbons (Fsp3) is 0.625. The smallest absolute Gasteiger partial charge is 0.119 e. The monoisotopic (exact) mass is 279 g/mol. The summed E-state index contributed by atoms with van der Waals surface area (Å²) in [5.74, 6) is 2.25. The average molecular weight is 279 g/mol. The van der Waals surface area contributed by atoms with Gasteiger partial charge in [0.05, 0.1) is 7.11 Å². The standard InChI is InChI=1S/C16H25NOS/c1-4-6-9-19-15-10-12-7-8-13(18-3)11-14(12)16(15)17-5-2/h7-8,11,15-17H,4-6,9-10H2,1-3H3. The van der Waals surface area contributed by atoms with E-state index in [0.29, 0.717) is 11.3 Å². The summed E-state index contributed by atoms with van der Waals surface area (Å²) in [6.45, 7) is 5.47. The molecular weight excluding hydrogens is 254 g/mol. The zero-order valence-corrected chi connectivity index (χ0v) is 13.1. The number of nitrogens with one attached hydrogen (secondary N) is 1. The summed E-state index contributed by atoms with van der Waals surface area (Å²) in [4.78, 5) is 0. The van der Waals surface area contributed by atoms with E-state index in [1.54, 1.807) is 7.11 Å². The second-order valence-corrected chi connectivity index (χ2v) is 6.41. The zero-order valence-electron chi connectivity index (χ0n) is 12.2. The Hall–Kier alpha value is -0.670. The molecule has 0 aromatic heterocycles. The first kappa shape index (κ1) is 14.7. The van der Waals surface area contributed by atoms with Crippen LogP contribution >= 0.6 is 11.8 Å². The minimum atomic E-state index is 0.483. The Morgan fingerprint density at radius 3 is 2.89 bits per heavy atom. The molecule has 0 saturated carbocycles. The Morgan fingerprint density at radius 1 is 1.37 bits per heavy atom. The van der Waals surface area contributed by atoms with Crippen molar-refractivity contribution in [2.45, 2.75) is 44.4 Å². The molecular formula is C16H25NOS. The predicted octanol–water partition coefficient (Wildman–Crippen LogP) is 3.80. The van der Waals surface area contributed by atoms with Gasteiger partial charge in [-0.3, -0.25) is 0 Å². The molecule has 1 aliphatic rings. The summed E-state index contributed by atoms with van der Waals surface area (Å²) in [6, 6.07) is 7.01. The van der Waals surface area contributed by atoms with Crippen molar-refractivity contribution in [3.63, 3.8) is 0 Å². The predicted molar refractivity (Wildman–Crippen MR) is 84.3 cm³/mol. The van der Waals surface area contributed by atoms with Crippen LogP contribution in [0.1, 0.15) is 43.9 Å². The summed E-state index contributed by atoms with van der Waals surface area (Å²) in [5.41, 5.74) is 2.93. The molecule has 0 saturated heterocycles. The second-order valence-electron chi connectivity index (χ2n) is 5.07. The second kappa shape index (κ2) is 7.20. The van der Waals surface area contributed by atoms with Gasteiger partial charge in [0.1, 0.15) is 5.75 Å². The number of benzene rings is 1. The van der Waals surface area contributed by atoms with Gasteiger partial charge in [0.15, 0.2) is 0 Å². The van der Waals surface area contributed by atoms with Gasteiger partial charge in [0.25, 0.3) is 0 Å². The molecule has 1 aliphatic carbocycles. The Morgan fingerprint density at radius 2 is 2.21 bits per heavy atom. The molecule has 2 atom stereocenters. The van der Waals surface area contributed by atoms with E-state index in [1.807, 2.05) is 0 Å². The lowest BCUT2D eigenvalue weighted by Gasteiger charge is -2.21. The molecule has 0 bridgehead atoms. The minimum Gasteiger partial charge on any atom is -0.497 e. The van der Waals surface area contributed by atoms with Crippen LogP contribution in [0, 0.1) is 0 Å². The molecule has 19 heavy (non-hydrogen) atoms. The largest absolute Gasteiger partial charge is 0.497 e. The summed E-state index contributed by atoms with van der Waals surface area (Å²) in [5, 5.41) is 4.33. The van der Waals surface area contributed by atoms with Crippen LogP contribution in [0.4, 0.5) is 0 Å². The Kier molecular flexibility index (Phi) is 5.59. The van der Waals surface area contributed by atoms with Crippen molar-refractivity contribution >= 4 is 11.8 Å². The lowest BCUT2D eigenvalue weighted by atomic mass is 10.1. The fourth-order valence-electron chi connectivity index (χ4n) is 2.71. The molecule has 106 valence electrons. The van der Waals surface area contributed by atoms with Crippen LogP contribution in [-0.2, 0) is 6.42 Å². The third kappa shape index (κ3) is 3.46. The SMILES string of the molecule is CCCCSC1Cc2ccc(OC)cc2C1NCC. The molecule has 2 rings (SSSR count). The molecule has 0 fully saturated rings.